The van der Waals surface area contributed by atoms with Gasteiger partial charge in [-0.15, -0.1) is 0 Å². The van der Waals surface area contributed by atoms with Gasteiger partial charge < -0.3 is 10.5 Å². The minimum atomic E-state index is -0.272. The summed E-state index contributed by atoms with van der Waals surface area (Å²) in [5.74, 6) is 0.486. The predicted octanol–water partition coefficient (Wildman–Crippen LogP) is 4.19. The Balaban J connectivity index is 2.14. The topological polar surface area (TPSA) is 35.2 Å². The van der Waals surface area contributed by atoms with Crippen molar-refractivity contribution >= 4 is 15.9 Å². The summed E-state index contributed by atoms with van der Waals surface area (Å²) in [7, 11) is 0. The van der Waals surface area contributed by atoms with E-state index in [-0.39, 0.29) is 11.9 Å². The first-order valence-electron chi connectivity index (χ1n) is 5.99. The van der Waals surface area contributed by atoms with Gasteiger partial charge in [-0.25, -0.2) is 4.39 Å². The number of benzene rings is 2. The van der Waals surface area contributed by atoms with Gasteiger partial charge >= 0.3 is 0 Å². The van der Waals surface area contributed by atoms with Crippen LogP contribution in [0.1, 0.15) is 24.1 Å². The van der Waals surface area contributed by atoms with Crippen LogP contribution in [0.3, 0.4) is 0 Å². The zero-order chi connectivity index (χ0) is 13.8. The summed E-state index contributed by atoms with van der Waals surface area (Å²) >= 11 is 3.32. The quantitative estimate of drug-likeness (QED) is 0.915. The lowest BCUT2D eigenvalue weighted by Gasteiger charge is -2.14. The third-order valence-electron chi connectivity index (χ3n) is 2.81. The Labute approximate surface area is 120 Å². The van der Waals surface area contributed by atoms with Crippen LogP contribution in [0.15, 0.2) is 46.9 Å². The van der Waals surface area contributed by atoms with Crippen molar-refractivity contribution < 1.29 is 9.13 Å². The molecule has 0 bridgehead atoms. The molecule has 19 heavy (non-hydrogen) atoms. The monoisotopic (exact) mass is 323 g/mol. The van der Waals surface area contributed by atoms with Crippen LogP contribution in [0.25, 0.3) is 0 Å². The largest absolute Gasteiger partial charge is 0.489 e. The number of halogens is 2. The summed E-state index contributed by atoms with van der Waals surface area (Å²) < 4.78 is 19.5. The van der Waals surface area contributed by atoms with Crippen molar-refractivity contribution in [3.63, 3.8) is 0 Å². The number of para-hydroxylation sites is 1. The van der Waals surface area contributed by atoms with E-state index in [1.807, 2.05) is 31.2 Å². The van der Waals surface area contributed by atoms with E-state index in [4.69, 9.17) is 10.5 Å². The Morgan fingerprint density at radius 3 is 2.68 bits per heavy atom. The van der Waals surface area contributed by atoms with Crippen molar-refractivity contribution in [2.75, 3.05) is 0 Å². The second kappa shape index (κ2) is 6.17. The molecule has 0 saturated heterocycles. The number of nitrogens with two attached hydrogens (primary N) is 1. The van der Waals surface area contributed by atoms with Crippen molar-refractivity contribution in [1.82, 2.24) is 0 Å². The van der Waals surface area contributed by atoms with Gasteiger partial charge in [-0.05, 0) is 25.1 Å². The van der Waals surface area contributed by atoms with Crippen LogP contribution in [0.5, 0.6) is 5.75 Å². The van der Waals surface area contributed by atoms with Gasteiger partial charge in [0.15, 0.2) is 0 Å². The highest BCUT2D eigenvalue weighted by atomic mass is 79.9. The smallest absolute Gasteiger partial charge is 0.124 e. The third-order valence-corrected chi connectivity index (χ3v) is 3.55. The third kappa shape index (κ3) is 3.55. The van der Waals surface area contributed by atoms with Crippen LogP contribution in [-0.4, -0.2) is 0 Å². The molecule has 0 saturated carbocycles. The molecule has 2 N–H and O–H groups in total. The fourth-order valence-electron chi connectivity index (χ4n) is 1.78. The van der Waals surface area contributed by atoms with E-state index in [2.05, 4.69) is 15.9 Å². The van der Waals surface area contributed by atoms with Crippen LogP contribution in [0.2, 0.25) is 0 Å². The molecule has 2 aromatic carbocycles. The van der Waals surface area contributed by atoms with Gasteiger partial charge in [-0.2, -0.15) is 0 Å². The molecule has 100 valence electrons. The van der Waals surface area contributed by atoms with Crippen molar-refractivity contribution in [2.45, 2.75) is 19.6 Å². The Morgan fingerprint density at radius 1 is 1.26 bits per heavy atom. The summed E-state index contributed by atoms with van der Waals surface area (Å²) in [5, 5.41) is 0. The molecule has 0 heterocycles. The average Bonchev–Trinajstić information content (AvgIpc) is 2.38. The molecule has 0 fully saturated rings. The standard InChI is InChI=1S/C15H15BrFNO/c1-10(18)13-4-2-3-5-15(13)19-9-11-6-7-12(17)8-14(11)16/h2-8,10H,9,18H2,1H3/t10-/m1/s1. The molecule has 0 spiro atoms. The summed E-state index contributed by atoms with van der Waals surface area (Å²) in [5.41, 5.74) is 7.74. The van der Waals surface area contributed by atoms with Crippen molar-refractivity contribution in [3.05, 3.63) is 63.9 Å². The molecule has 0 amide bonds. The molecule has 4 heteroatoms. The lowest BCUT2D eigenvalue weighted by Crippen LogP contribution is -2.08. The van der Waals surface area contributed by atoms with Crippen LogP contribution in [-0.2, 0) is 6.61 Å². The average molecular weight is 324 g/mol. The van der Waals surface area contributed by atoms with Gasteiger partial charge in [0.05, 0.1) is 0 Å². The fraction of sp³-hybridized carbons (Fsp3) is 0.200. The minimum absolute atomic E-state index is 0.0899. The van der Waals surface area contributed by atoms with Crippen molar-refractivity contribution in [3.8, 4) is 5.75 Å². The first-order valence-corrected chi connectivity index (χ1v) is 6.78. The first-order chi connectivity index (χ1) is 9.08. The van der Waals surface area contributed by atoms with Gasteiger partial charge in [-0.3, -0.25) is 0 Å². The maximum absolute atomic E-state index is 13.0. The molecule has 2 rings (SSSR count). The van der Waals surface area contributed by atoms with Gasteiger partial charge in [0.1, 0.15) is 18.2 Å². The number of rotatable bonds is 4. The van der Waals surface area contributed by atoms with Gasteiger partial charge in [0.2, 0.25) is 0 Å². The maximum atomic E-state index is 13.0. The van der Waals surface area contributed by atoms with Gasteiger partial charge in [-0.1, -0.05) is 40.2 Å². The molecular weight excluding hydrogens is 309 g/mol. The van der Waals surface area contributed by atoms with E-state index >= 15 is 0 Å². The molecule has 0 unspecified atom stereocenters. The molecule has 0 aliphatic rings. The Kier molecular flexibility index (Phi) is 4.56. The number of hydrogen-bond donors (Lipinski definition) is 1. The number of hydrogen-bond acceptors (Lipinski definition) is 2. The highest BCUT2D eigenvalue weighted by Gasteiger charge is 2.08. The van der Waals surface area contributed by atoms with Crippen LogP contribution in [0, 0.1) is 5.82 Å². The van der Waals surface area contributed by atoms with E-state index in [1.165, 1.54) is 12.1 Å². The second-order valence-electron chi connectivity index (χ2n) is 4.35. The Bertz CT molecular complexity index is 572. The molecule has 0 aliphatic carbocycles. The maximum Gasteiger partial charge on any atom is 0.124 e. The molecule has 2 nitrogen and oxygen atoms in total. The van der Waals surface area contributed by atoms with Crippen molar-refractivity contribution in [1.29, 1.82) is 0 Å². The summed E-state index contributed by atoms with van der Waals surface area (Å²) in [6, 6.07) is 12.1. The van der Waals surface area contributed by atoms with Gasteiger partial charge in [0, 0.05) is 21.6 Å². The molecule has 2 aromatic rings. The zero-order valence-corrected chi connectivity index (χ0v) is 12.2. The summed E-state index contributed by atoms with van der Waals surface area (Å²) in [4.78, 5) is 0. The second-order valence-corrected chi connectivity index (χ2v) is 5.21. The van der Waals surface area contributed by atoms with E-state index in [0.29, 0.717) is 11.1 Å². The Hall–Kier alpha value is -1.39. The van der Waals surface area contributed by atoms with Crippen molar-refractivity contribution in [2.24, 2.45) is 5.73 Å². The fourth-order valence-corrected chi connectivity index (χ4v) is 2.25. The lowest BCUT2D eigenvalue weighted by atomic mass is 10.1. The molecule has 0 aromatic heterocycles. The van der Waals surface area contributed by atoms with E-state index in [0.717, 1.165) is 16.9 Å². The summed E-state index contributed by atoms with van der Waals surface area (Å²) in [6.45, 7) is 2.28. The van der Waals surface area contributed by atoms with Crippen LogP contribution in [0.4, 0.5) is 4.39 Å². The molecule has 0 aliphatic heterocycles. The van der Waals surface area contributed by atoms with E-state index < -0.39 is 0 Å². The predicted molar refractivity (Wildman–Crippen MR) is 77.5 cm³/mol. The normalized spacial score (nSPS) is 12.2. The first kappa shape index (κ1) is 14.0. The molecule has 0 radical (unpaired) electrons. The highest BCUT2D eigenvalue weighted by molar-refractivity contribution is 9.10. The number of ether oxygens (including phenoxy) is 1. The summed E-state index contributed by atoms with van der Waals surface area (Å²) in [6.07, 6.45) is 0. The SMILES string of the molecule is C[C@@H](N)c1ccccc1OCc1ccc(F)cc1Br. The highest BCUT2D eigenvalue weighted by Crippen LogP contribution is 2.25. The van der Waals surface area contributed by atoms with E-state index in [9.17, 15) is 4.39 Å². The lowest BCUT2D eigenvalue weighted by molar-refractivity contribution is 0.300. The van der Waals surface area contributed by atoms with Crippen LogP contribution >= 0.6 is 15.9 Å². The molecule has 1 atom stereocenters. The molecular formula is C15H15BrFNO. The van der Waals surface area contributed by atoms with Gasteiger partial charge in [0.25, 0.3) is 0 Å². The van der Waals surface area contributed by atoms with Crippen LogP contribution < -0.4 is 10.5 Å². The minimum Gasteiger partial charge on any atom is -0.489 e. The zero-order valence-electron chi connectivity index (χ0n) is 10.6. The Morgan fingerprint density at radius 2 is 2.00 bits per heavy atom. The van der Waals surface area contributed by atoms with E-state index in [1.54, 1.807) is 6.07 Å².